The van der Waals surface area contributed by atoms with Crippen LogP contribution in [-0.2, 0) is 11.3 Å². The van der Waals surface area contributed by atoms with Crippen molar-refractivity contribution in [2.24, 2.45) is 0 Å². The Morgan fingerprint density at radius 2 is 2.11 bits per heavy atom. The largest absolute Gasteiger partial charge is 0.463 e. The molecule has 1 saturated heterocycles. The minimum absolute atomic E-state index is 0.0125. The Balaban J connectivity index is 1.81. The van der Waals surface area contributed by atoms with Gasteiger partial charge in [0.15, 0.2) is 16.4 Å². The number of hydrogen-bond acceptors (Lipinski definition) is 7. The zero-order chi connectivity index (χ0) is 19.7. The lowest BCUT2D eigenvalue weighted by Crippen LogP contribution is -2.37. The van der Waals surface area contributed by atoms with Crippen LogP contribution in [0.25, 0.3) is 21.7 Å². The first-order valence-electron chi connectivity index (χ1n) is 9.53. The zero-order valence-electron chi connectivity index (χ0n) is 16.0. The van der Waals surface area contributed by atoms with E-state index >= 15 is 0 Å². The Kier molecular flexibility index (Phi) is 5.17. The Hall–Kier alpha value is -2.68. The van der Waals surface area contributed by atoms with E-state index in [0.29, 0.717) is 21.7 Å². The Morgan fingerprint density at radius 1 is 1.32 bits per heavy atom. The number of fused-ring (bicyclic) bond motifs is 1. The Morgan fingerprint density at radius 3 is 2.79 bits per heavy atom. The molecular weight excluding hydrogens is 378 g/mol. The molecule has 0 atom stereocenters. The third-order valence-corrected chi connectivity index (χ3v) is 5.74. The summed E-state index contributed by atoms with van der Waals surface area (Å²) in [6.07, 6.45) is 5.03. The number of rotatable bonds is 5. The standard InChI is InChI=1S/C19H23N5O3S/c1-12(2)20-14(25)11-24-18(26)16-17(15(22-24)13-7-6-10-27-13)28-19(21-16)23-8-4-3-5-9-23/h6-7,10,12H,3-5,8-9,11H2,1-2H3,(H,20,25). The van der Waals surface area contributed by atoms with Gasteiger partial charge in [-0.15, -0.1) is 0 Å². The number of hydrogen-bond donors (Lipinski definition) is 1. The molecule has 0 unspecified atom stereocenters. The summed E-state index contributed by atoms with van der Waals surface area (Å²) in [4.78, 5) is 32.0. The maximum Gasteiger partial charge on any atom is 0.294 e. The number of nitrogens with one attached hydrogen (secondary N) is 1. The smallest absolute Gasteiger partial charge is 0.294 e. The van der Waals surface area contributed by atoms with Crippen LogP contribution in [-0.4, -0.2) is 39.8 Å². The summed E-state index contributed by atoms with van der Waals surface area (Å²) in [5.74, 6) is 0.290. The van der Waals surface area contributed by atoms with Gasteiger partial charge in [-0.05, 0) is 45.2 Å². The average Bonchev–Trinajstić information content (AvgIpc) is 3.34. The predicted octanol–water partition coefficient (Wildman–Crippen LogP) is 2.63. The number of carbonyl (C=O) groups is 1. The SMILES string of the molecule is CC(C)NC(=O)Cn1nc(-c2ccco2)c2sc(N3CCCCC3)nc2c1=O. The van der Waals surface area contributed by atoms with Crippen LogP contribution in [0.15, 0.2) is 27.6 Å². The highest BCUT2D eigenvalue weighted by Crippen LogP contribution is 2.34. The van der Waals surface area contributed by atoms with Gasteiger partial charge in [-0.2, -0.15) is 5.10 Å². The minimum atomic E-state index is -0.358. The molecule has 0 aromatic carbocycles. The quantitative estimate of drug-likeness (QED) is 0.706. The van der Waals surface area contributed by atoms with E-state index in [0.717, 1.165) is 31.1 Å². The number of nitrogens with zero attached hydrogens (tertiary/aromatic N) is 4. The molecule has 1 N–H and O–H groups in total. The van der Waals surface area contributed by atoms with Crippen LogP contribution in [0.5, 0.6) is 0 Å². The van der Waals surface area contributed by atoms with Gasteiger partial charge in [0.05, 0.1) is 11.0 Å². The van der Waals surface area contributed by atoms with Gasteiger partial charge in [0.25, 0.3) is 5.56 Å². The molecule has 0 spiro atoms. The second kappa shape index (κ2) is 7.75. The summed E-state index contributed by atoms with van der Waals surface area (Å²) >= 11 is 1.46. The molecule has 1 amide bonds. The second-order valence-electron chi connectivity index (χ2n) is 7.23. The summed E-state index contributed by atoms with van der Waals surface area (Å²) < 4.78 is 7.41. The average molecular weight is 401 g/mol. The molecule has 4 heterocycles. The highest BCUT2D eigenvalue weighted by molar-refractivity contribution is 7.22. The zero-order valence-corrected chi connectivity index (χ0v) is 16.8. The fraction of sp³-hybridized carbons (Fsp3) is 0.474. The lowest BCUT2D eigenvalue weighted by Gasteiger charge is -2.25. The fourth-order valence-corrected chi connectivity index (χ4v) is 4.45. The molecule has 4 rings (SSSR count). The van der Waals surface area contributed by atoms with Crippen LogP contribution < -0.4 is 15.8 Å². The van der Waals surface area contributed by atoms with Crippen molar-refractivity contribution in [2.75, 3.05) is 18.0 Å². The van der Waals surface area contributed by atoms with Crippen molar-refractivity contribution in [3.8, 4) is 11.5 Å². The van der Waals surface area contributed by atoms with Crippen LogP contribution in [0.3, 0.4) is 0 Å². The van der Waals surface area contributed by atoms with E-state index < -0.39 is 0 Å². The van der Waals surface area contributed by atoms with E-state index in [4.69, 9.17) is 4.42 Å². The molecule has 1 aliphatic heterocycles. The normalized spacial score (nSPS) is 14.8. The molecule has 0 aliphatic carbocycles. The summed E-state index contributed by atoms with van der Waals surface area (Å²) in [5.41, 5.74) is 0.519. The summed E-state index contributed by atoms with van der Waals surface area (Å²) in [6, 6.07) is 3.56. The first kappa shape index (κ1) is 18.7. The number of aromatic nitrogens is 3. The van der Waals surface area contributed by atoms with Crippen molar-refractivity contribution >= 4 is 32.6 Å². The van der Waals surface area contributed by atoms with Gasteiger partial charge in [0.1, 0.15) is 12.2 Å². The monoisotopic (exact) mass is 401 g/mol. The fourth-order valence-electron chi connectivity index (χ4n) is 3.35. The van der Waals surface area contributed by atoms with E-state index in [1.807, 2.05) is 13.8 Å². The Labute approximate surface area is 166 Å². The molecule has 0 saturated carbocycles. The molecule has 3 aromatic rings. The van der Waals surface area contributed by atoms with Crippen molar-refractivity contribution < 1.29 is 9.21 Å². The number of thiazole rings is 1. The maximum atomic E-state index is 13.0. The van der Waals surface area contributed by atoms with Crippen molar-refractivity contribution in [1.29, 1.82) is 0 Å². The van der Waals surface area contributed by atoms with Crippen molar-refractivity contribution in [2.45, 2.75) is 45.7 Å². The van der Waals surface area contributed by atoms with E-state index in [1.54, 1.807) is 18.4 Å². The second-order valence-corrected chi connectivity index (χ2v) is 8.21. The molecule has 1 fully saturated rings. The molecule has 0 bridgehead atoms. The molecule has 28 heavy (non-hydrogen) atoms. The van der Waals surface area contributed by atoms with Crippen LogP contribution in [0.1, 0.15) is 33.1 Å². The minimum Gasteiger partial charge on any atom is -0.463 e. The van der Waals surface area contributed by atoms with Crippen LogP contribution in [0.2, 0.25) is 0 Å². The van der Waals surface area contributed by atoms with E-state index in [2.05, 4.69) is 20.3 Å². The topological polar surface area (TPSA) is 93.3 Å². The van der Waals surface area contributed by atoms with Gasteiger partial charge >= 0.3 is 0 Å². The number of furan rings is 1. The number of piperidine rings is 1. The first-order valence-corrected chi connectivity index (χ1v) is 10.3. The van der Waals surface area contributed by atoms with E-state index in [1.165, 1.54) is 22.4 Å². The van der Waals surface area contributed by atoms with Gasteiger partial charge in [-0.3, -0.25) is 9.59 Å². The maximum absolute atomic E-state index is 13.0. The van der Waals surface area contributed by atoms with Gasteiger partial charge in [0.2, 0.25) is 5.91 Å². The summed E-state index contributed by atoms with van der Waals surface area (Å²) in [6.45, 7) is 5.47. The number of carbonyl (C=O) groups excluding carboxylic acids is 1. The van der Waals surface area contributed by atoms with Crippen LogP contribution in [0, 0.1) is 0 Å². The van der Waals surface area contributed by atoms with Gasteiger partial charge in [0, 0.05) is 19.1 Å². The lowest BCUT2D eigenvalue weighted by atomic mass is 10.1. The van der Waals surface area contributed by atoms with Crippen molar-refractivity contribution in [1.82, 2.24) is 20.1 Å². The van der Waals surface area contributed by atoms with E-state index in [9.17, 15) is 9.59 Å². The van der Waals surface area contributed by atoms with Crippen LogP contribution in [0.4, 0.5) is 5.13 Å². The third-order valence-electron chi connectivity index (χ3n) is 4.61. The molecule has 0 radical (unpaired) electrons. The molecule has 3 aromatic heterocycles. The number of amides is 1. The first-order chi connectivity index (χ1) is 13.5. The van der Waals surface area contributed by atoms with Crippen molar-refractivity contribution in [3.05, 3.63) is 28.7 Å². The Bertz CT molecular complexity index is 1030. The van der Waals surface area contributed by atoms with Gasteiger partial charge in [-0.1, -0.05) is 11.3 Å². The lowest BCUT2D eigenvalue weighted by molar-refractivity contribution is -0.122. The third kappa shape index (κ3) is 3.66. The van der Waals surface area contributed by atoms with Gasteiger partial charge in [-0.25, -0.2) is 9.67 Å². The molecule has 1 aliphatic rings. The summed E-state index contributed by atoms with van der Waals surface area (Å²) in [7, 11) is 0. The molecule has 148 valence electrons. The highest BCUT2D eigenvalue weighted by Gasteiger charge is 2.23. The molecule has 9 heteroatoms. The van der Waals surface area contributed by atoms with Crippen LogP contribution >= 0.6 is 11.3 Å². The van der Waals surface area contributed by atoms with Gasteiger partial charge < -0.3 is 14.6 Å². The summed E-state index contributed by atoms with van der Waals surface area (Å²) in [5, 5.41) is 8.06. The van der Waals surface area contributed by atoms with E-state index in [-0.39, 0.29) is 24.1 Å². The number of anilines is 1. The molecule has 8 nitrogen and oxygen atoms in total. The highest BCUT2D eigenvalue weighted by atomic mass is 32.1. The van der Waals surface area contributed by atoms with Crippen molar-refractivity contribution in [3.63, 3.8) is 0 Å². The molecular formula is C19H23N5O3S. The predicted molar refractivity (Wildman–Crippen MR) is 109 cm³/mol.